The van der Waals surface area contributed by atoms with Crippen LogP contribution in [0.3, 0.4) is 0 Å². The Labute approximate surface area is 179 Å². The number of anilines is 1. The first-order valence-corrected chi connectivity index (χ1v) is 10.6. The summed E-state index contributed by atoms with van der Waals surface area (Å²) in [7, 11) is 0. The highest BCUT2D eigenvalue weighted by molar-refractivity contribution is 9.10. The second kappa shape index (κ2) is 9.18. The highest BCUT2D eigenvalue weighted by Crippen LogP contribution is 2.24. The van der Waals surface area contributed by atoms with Gasteiger partial charge in [-0.3, -0.25) is 4.79 Å². The minimum Gasteiger partial charge on any atom is -0.356 e. The third-order valence-corrected chi connectivity index (χ3v) is 5.77. The Hall–Kier alpha value is -2.73. The van der Waals surface area contributed by atoms with Crippen molar-refractivity contribution < 1.29 is 4.79 Å². The molecule has 5 nitrogen and oxygen atoms in total. The van der Waals surface area contributed by atoms with Gasteiger partial charge in [0, 0.05) is 41.8 Å². The number of benzene rings is 2. The Bertz CT molecular complexity index is 954. The van der Waals surface area contributed by atoms with Crippen molar-refractivity contribution >= 4 is 27.7 Å². The molecule has 0 radical (unpaired) electrons. The summed E-state index contributed by atoms with van der Waals surface area (Å²) in [6, 6.07) is 20.0. The Balaban J connectivity index is 1.32. The molecule has 0 unspecified atom stereocenters. The minimum absolute atomic E-state index is 0.0529. The Kier molecular flexibility index (Phi) is 6.20. The molecule has 148 valence electrons. The maximum Gasteiger partial charge on any atom is 0.223 e. The van der Waals surface area contributed by atoms with Crippen LogP contribution in [0.4, 0.5) is 5.82 Å². The summed E-state index contributed by atoms with van der Waals surface area (Å²) < 4.78 is 1.04. The number of aromatic nitrogens is 2. The summed E-state index contributed by atoms with van der Waals surface area (Å²) in [6.07, 6.45) is 3.47. The zero-order valence-corrected chi connectivity index (χ0v) is 17.7. The van der Waals surface area contributed by atoms with E-state index < -0.39 is 0 Å². The van der Waals surface area contributed by atoms with Crippen LogP contribution in [0.2, 0.25) is 0 Å². The smallest absolute Gasteiger partial charge is 0.223 e. The predicted molar refractivity (Wildman–Crippen MR) is 118 cm³/mol. The number of rotatable bonds is 5. The molecule has 0 saturated carbocycles. The number of hydrogen-bond acceptors (Lipinski definition) is 4. The average molecular weight is 451 g/mol. The van der Waals surface area contributed by atoms with E-state index in [1.807, 2.05) is 66.9 Å². The van der Waals surface area contributed by atoms with Crippen molar-refractivity contribution in [2.75, 3.05) is 18.0 Å². The van der Waals surface area contributed by atoms with Crippen molar-refractivity contribution in [2.24, 2.45) is 5.92 Å². The fourth-order valence-corrected chi connectivity index (χ4v) is 3.82. The summed E-state index contributed by atoms with van der Waals surface area (Å²) in [5.74, 6) is 1.85. The SMILES string of the molecule is O=C(NCc1ccc(Br)cc1)C1CCN(c2ccnc(-c3ccccc3)n2)CC1. The first-order chi connectivity index (χ1) is 14.2. The van der Waals surface area contributed by atoms with Crippen molar-refractivity contribution in [1.29, 1.82) is 0 Å². The summed E-state index contributed by atoms with van der Waals surface area (Å²) in [6.45, 7) is 2.21. The van der Waals surface area contributed by atoms with Crippen LogP contribution >= 0.6 is 15.9 Å². The molecule has 2 heterocycles. The van der Waals surface area contributed by atoms with Crippen LogP contribution in [0, 0.1) is 5.92 Å². The molecule has 6 heteroatoms. The van der Waals surface area contributed by atoms with Gasteiger partial charge in [-0.15, -0.1) is 0 Å². The van der Waals surface area contributed by atoms with Crippen LogP contribution in [0.5, 0.6) is 0 Å². The predicted octanol–water partition coefficient (Wildman–Crippen LogP) is 4.44. The molecule has 1 fully saturated rings. The van der Waals surface area contributed by atoms with E-state index in [1.165, 1.54) is 0 Å². The van der Waals surface area contributed by atoms with Gasteiger partial charge in [0.25, 0.3) is 0 Å². The van der Waals surface area contributed by atoms with Crippen molar-refractivity contribution in [3.63, 3.8) is 0 Å². The van der Waals surface area contributed by atoms with Gasteiger partial charge in [0.15, 0.2) is 5.82 Å². The fourth-order valence-electron chi connectivity index (χ4n) is 3.56. The molecular formula is C23H23BrN4O. The van der Waals surface area contributed by atoms with Crippen LogP contribution in [0.25, 0.3) is 11.4 Å². The highest BCUT2D eigenvalue weighted by atomic mass is 79.9. The summed E-state index contributed by atoms with van der Waals surface area (Å²) >= 11 is 3.43. The largest absolute Gasteiger partial charge is 0.356 e. The summed E-state index contributed by atoms with van der Waals surface area (Å²) in [5.41, 5.74) is 2.12. The molecule has 3 aromatic rings. The normalized spacial score (nSPS) is 14.6. The quantitative estimate of drug-likeness (QED) is 0.623. The lowest BCUT2D eigenvalue weighted by atomic mass is 9.96. The monoisotopic (exact) mass is 450 g/mol. The van der Waals surface area contributed by atoms with Crippen LogP contribution in [-0.2, 0) is 11.3 Å². The van der Waals surface area contributed by atoms with Gasteiger partial charge < -0.3 is 10.2 Å². The Morgan fingerprint density at radius 1 is 1.03 bits per heavy atom. The third-order valence-electron chi connectivity index (χ3n) is 5.24. The molecule has 0 spiro atoms. The molecule has 1 aromatic heterocycles. The van der Waals surface area contributed by atoms with E-state index in [2.05, 4.69) is 31.1 Å². The van der Waals surface area contributed by atoms with Gasteiger partial charge >= 0.3 is 0 Å². The van der Waals surface area contributed by atoms with E-state index in [9.17, 15) is 4.79 Å². The van der Waals surface area contributed by atoms with Gasteiger partial charge in [-0.25, -0.2) is 9.97 Å². The second-order valence-corrected chi connectivity index (χ2v) is 8.13. The number of nitrogens with one attached hydrogen (secondary N) is 1. The van der Waals surface area contributed by atoms with E-state index in [4.69, 9.17) is 4.98 Å². The van der Waals surface area contributed by atoms with Crippen molar-refractivity contribution in [3.8, 4) is 11.4 Å². The van der Waals surface area contributed by atoms with E-state index in [0.29, 0.717) is 6.54 Å². The van der Waals surface area contributed by atoms with E-state index >= 15 is 0 Å². The first-order valence-electron chi connectivity index (χ1n) is 9.84. The summed E-state index contributed by atoms with van der Waals surface area (Å²) in [4.78, 5) is 23.9. The van der Waals surface area contributed by atoms with Crippen LogP contribution in [0.1, 0.15) is 18.4 Å². The molecule has 1 aliphatic heterocycles. The van der Waals surface area contributed by atoms with Crippen molar-refractivity contribution in [3.05, 3.63) is 76.9 Å². The molecule has 1 amide bonds. The number of nitrogens with zero attached hydrogens (tertiary/aromatic N) is 3. The number of carbonyl (C=O) groups is 1. The lowest BCUT2D eigenvalue weighted by Gasteiger charge is -2.32. The maximum absolute atomic E-state index is 12.6. The van der Waals surface area contributed by atoms with E-state index in [1.54, 1.807) is 0 Å². The average Bonchev–Trinajstić information content (AvgIpc) is 2.79. The number of piperidine rings is 1. The van der Waals surface area contributed by atoms with E-state index in [-0.39, 0.29) is 11.8 Å². The molecule has 4 rings (SSSR count). The van der Waals surface area contributed by atoms with Crippen LogP contribution in [-0.4, -0.2) is 29.0 Å². The van der Waals surface area contributed by atoms with Crippen molar-refractivity contribution in [1.82, 2.24) is 15.3 Å². The zero-order valence-electron chi connectivity index (χ0n) is 16.1. The molecule has 0 bridgehead atoms. The van der Waals surface area contributed by atoms with Crippen molar-refractivity contribution in [2.45, 2.75) is 19.4 Å². The Morgan fingerprint density at radius 2 is 1.76 bits per heavy atom. The zero-order chi connectivity index (χ0) is 20.1. The topological polar surface area (TPSA) is 58.1 Å². The van der Waals surface area contributed by atoms with Crippen LogP contribution < -0.4 is 10.2 Å². The van der Waals surface area contributed by atoms with Crippen LogP contribution in [0.15, 0.2) is 71.3 Å². The summed E-state index contributed by atoms with van der Waals surface area (Å²) in [5, 5.41) is 3.07. The molecule has 0 aliphatic carbocycles. The number of amides is 1. The molecule has 1 aliphatic rings. The standard InChI is InChI=1S/C23H23BrN4O/c24-20-8-6-17(7-9-20)16-26-23(29)19-11-14-28(15-12-19)21-10-13-25-22(27-21)18-4-2-1-3-5-18/h1-10,13,19H,11-12,14-16H2,(H,26,29). The molecule has 2 aromatic carbocycles. The second-order valence-electron chi connectivity index (χ2n) is 7.21. The molecule has 1 saturated heterocycles. The molecule has 1 N–H and O–H groups in total. The molecular weight excluding hydrogens is 428 g/mol. The third kappa shape index (κ3) is 5.01. The van der Waals surface area contributed by atoms with Gasteiger partial charge in [-0.1, -0.05) is 58.4 Å². The number of halogens is 1. The van der Waals surface area contributed by atoms with Gasteiger partial charge in [-0.05, 0) is 36.6 Å². The number of hydrogen-bond donors (Lipinski definition) is 1. The molecule has 29 heavy (non-hydrogen) atoms. The fraction of sp³-hybridized carbons (Fsp3) is 0.261. The lowest BCUT2D eigenvalue weighted by molar-refractivity contribution is -0.125. The Morgan fingerprint density at radius 3 is 2.48 bits per heavy atom. The van der Waals surface area contributed by atoms with Gasteiger partial charge in [-0.2, -0.15) is 0 Å². The van der Waals surface area contributed by atoms with Gasteiger partial charge in [0.05, 0.1) is 0 Å². The van der Waals surface area contributed by atoms with Gasteiger partial charge in [0.1, 0.15) is 5.82 Å². The van der Waals surface area contributed by atoms with Gasteiger partial charge in [0.2, 0.25) is 5.91 Å². The number of carbonyl (C=O) groups excluding carboxylic acids is 1. The highest BCUT2D eigenvalue weighted by Gasteiger charge is 2.25. The lowest BCUT2D eigenvalue weighted by Crippen LogP contribution is -2.40. The first kappa shape index (κ1) is 19.6. The minimum atomic E-state index is 0.0529. The molecule has 0 atom stereocenters. The maximum atomic E-state index is 12.6. The van der Waals surface area contributed by atoms with E-state index in [0.717, 1.165) is 53.2 Å².